The molecule has 2 aromatic rings. The van der Waals surface area contributed by atoms with Crippen LogP contribution < -0.4 is 10.2 Å². The molecule has 1 fully saturated rings. The van der Waals surface area contributed by atoms with Gasteiger partial charge in [-0.3, -0.25) is 0 Å². The lowest BCUT2D eigenvalue weighted by atomic mass is 10.1. The maximum atomic E-state index is 13.2. The third-order valence-corrected chi connectivity index (χ3v) is 4.60. The molecule has 1 N–H and O–H groups in total. The van der Waals surface area contributed by atoms with Crippen LogP contribution >= 0.6 is 11.6 Å². The number of hydrogen-bond donors (Lipinski definition) is 1. The van der Waals surface area contributed by atoms with E-state index < -0.39 is 11.9 Å². The topological polar surface area (TPSA) is 39.1 Å². The summed E-state index contributed by atoms with van der Waals surface area (Å²) >= 11 is 5.79. The Labute approximate surface area is 146 Å². The number of hydrogen-bond acceptors (Lipinski definition) is 3. The van der Waals surface area contributed by atoms with E-state index in [2.05, 4.69) is 28.4 Å². The zero-order valence-electron chi connectivity index (χ0n) is 13.3. The van der Waals surface area contributed by atoms with Gasteiger partial charge in [-0.15, -0.1) is 0 Å². The van der Waals surface area contributed by atoms with E-state index in [-0.39, 0.29) is 5.02 Å². The summed E-state index contributed by atoms with van der Waals surface area (Å²) in [4.78, 5) is 2.38. The highest BCUT2D eigenvalue weighted by Crippen LogP contribution is 2.26. The van der Waals surface area contributed by atoms with Crippen LogP contribution in [0.4, 0.5) is 15.8 Å². The summed E-state index contributed by atoms with van der Waals surface area (Å²) in [5.41, 5.74) is 2.69. The molecule has 0 spiro atoms. The van der Waals surface area contributed by atoms with Crippen LogP contribution in [0.5, 0.6) is 0 Å². The van der Waals surface area contributed by atoms with Crippen molar-refractivity contribution in [3.63, 3.8) is 0 Å². The van der Waals surface area contributed by atoms with Crippen molar-refractivity contribution in [3.8, 4) is 6.07 Å². The number of piperidine rings is 1. The van der Waals surface area contributed by atoms with Crippen LogP contribution in [0.1, 0.15) is 30.9 Å². The van der Waals surface area contributed by atoms with E-state index in [0.29, 0.717) is 5.69 Å². The molecule has 1 atom stereocenters. The highest BCUT2D eigenvalue weighted by atomic mass is 35.5. The molecule has 3 rings (SSSR count). The van der Waals surface area contributed by atoms with Crippen LogP contribution in [0.25, 0.3) is 0 Å². The van der Waals surface area contributed by atoms with Crippen LogP contribution in [0.2, 0.25) is 5.02 Å². The van der Waals surface area contributed by atoms with E-state index in [1.807, 2.05) is 12.1 Å². The Bertz CT molecular complexity index is 733. The average Bonchev–Trinajstić information content (AvgIpc) is 2.63. The number of anilines is 2. The van der Waals surface area contributed by atoms with Gasteiger partial charge in [0.05, 0.1) is 11.1 Å². The van der Waals surface area contributed by atoms with Gasteiger partial charge in [-0.1, -0.05) is 23.7 Å². The molecular weight excluding hydrogens is 325 g/mol. The molecule has 1 heterocycles. The zero-order chi connectivity index (χ0) is 16.9. The second-order valence-corrected chi connectivity index (χ2v) is 6.38. The largest absolute Gasteiger partial charge is 0.372 e. The number of nitrogens with one attached hydrogen (secondary N) is 1. The Kier molecular flexibility index (Phi) is 5.22. The molecule has 1 aliphatic rings. The van der Waals surface area contributed by atoms with Crippen LogP contribution in [-0.4, -0.2) is 13.1 Å². The summed E-state index contributed by atoms with van der Waals surface area (Å²) < 4.78 is 13.2. The minimum absolute atomic E-state index is 0.0390. The van der Waals surface area contributed by atoms with Gasteiger partial charge < -0.3 is 10.2 Å². The molecule has 24 heavy (non-hydrogen) atoms. The highest BCUT2D eigenvalue weighted by Gasteiger charge is 2.14. The van der Waals surface area contributed by atoms with Gasteiger partial charge in [-0.2, -0.15) is 5.26 Å². The van der Waals surface area contributed by atoms with Crippen molar-refractivity contribution in [1.29, 1.82) is 5.26 Å². The van der Waals surface area contributed by atoms with E-state index in [9.17, 15) is 9.65 Å². The van der Waals surface area contributed by atoms with Gasteiger partial charge in [0.15, 0.2) is 0 Å². The summed E-state index contributed by atoms with van der Waals surface area (Å²) in [6.45, 7) is 2.18. The van der Waals surface area contributed by atoms with Crippen molar-refractivity contribution in [2.75, 3.05) is 23.3 Å². The van der Waals surface area contributed by atoms with E-state index in [0.717, 1.165) is 18.7 Å². The zero-order valence-corrected chi connectivity index (χ0v) is 14.1. The van der Waals surface area contributed by atoms with Gasteiger partial charge in [0.2, 0.25) is 0 Å². The monoisotopic (exact) mass is 343 g/mol. The van der Waals surface area contributed by atoms with Crippen molar-refractivity contribution in [2.45, 2.75) is 25.3 Å². The van der Waals surface area contributed by atoms with Gasteiger partial charge in [0.1, 0.15) is 11.9 Å². The lowest BCUT2D eigenvalue weighted by Crippen LogP contribution is -2.29. The first-order valence-corrected chi connectivity index (χ1v) is 8.51. The smallest absolute Gasteiger partial charge is 0.141 e. The molecule has 5 heteroatoms. The Balaban J connectivity index is 1.73. The number of nitriles is 1. The van der Waals surface area contributed by atoms with E-state index in [4.69, 9.17) is 11.6 Å². The Hall–Kier alpha value is -2.25. The Morgan fingerprint density at radius 3 is 2.42 bits per heavy atom. The average molecular weight is 344 g/mol. The maximum absolute atomic E-state index is 13.2. The van der Waals surface area contributed by atoms with Crippen LogP contribution in [0.15, 0.2) is 42.5 Å². The summed E-state index contributed by atoms with van der Waals surface area (Å²) in [6.07, 6.45) is 3.76. The molecule has 0 aliphatic carbocycles. The van der Waals surface area contributed by atoms with E-state index >= 15 is 0 Å². The number of rotatable bonds is 4. The molecular formula is C19H19ClFN3. The first-order valence-electron chi connectivity index (χ1n) is 8.13. The van der Waals surface area contributed by atoms with Crippen LogP contribution in [-0.2, 0) is 0 Å². The van der Waals surface area contributed by atoms with Crippen molar-refractivity contribution >= 4 is 23.0 Å². The molecule has 0 saturated carbocycles. The van der Waals surface area contributed by atoms with Gasteiger partial charge in [0, 0.05) is 24.5 Å². The summed E-state index contributed by atoms with van der Waals surface area (Å²) in [7, 11) is 0. The predicted molar refractivity (Wildman–Crippen MR) is 95.9 cm³/mol. The molecule has 1 saturated heterocycles. The fourth-order valence-corrected chi connectivity index (χ4v) is 3.15. The van der Waals surface area contributed by atoms with Gasteiger partial charge >= 0.3 is 0 Å². The van der Waals surface area contributed by atoms with Crippen LogP contribution in [0, 0.1) is 17.1 Å². The maximum Gasteiger partial charge on any atom is 0.141 e. The Morgan fingerprint density at radius 2 is 1.79 bits per heavy atom. The second kappa shape index (κ2) is 7.55. The molecule has 0 bridgehead atoms. The fourth-order valence-electron chi connectivity index (χ4n) is 2.97. The molecule has 0 aromatic heterocycles. The lowest BCUT2D eigenvalue weighted by Gasteiger charge is -2.29. The third-order valence-electron chi connectivity index (χ3n) is 4.31. The third kappa shape index (κ3) is 3.80. The minimum Gasteiger partial charge on any atom is -0.372 e. The number of benzene rings is 2. The molecule has 1 unspecified atom stereocenters. The predicted octanol–water partition coefficient (Wildman–Crippen LogP) is 5.15. The molecule has 124 valence electrons. The van der Waals surface area contributed by atoms with Crippen molar-refractivity contribution in [3.05, 3.63) is 58.9 Å². The summed E-state index contributed by atoms with van der Waals surface area (Å²) in [5.74, 6) is -0.471. The fraction of sp³-hybridized carbons (Fsp3) is 0.316. The molecule has 2 aromatic carbocycles. The molecule has 1 aliphatic heterocycles. The van der Waals surface area contributed by atoms with Crippen molar-refractivity contribution in [1.82, 2.24) is 0 Å². The highest BCUT2D eigenvalue weighted by molar-refractivity contribution is 6.31. The quantitative estimate of drug-likeness (QED) is 0.834. The van der Waals surface area contributed by atoms with Gasteiger partial charge in [-0.05, 0) is 55.2 Å². The number of nitrogens with zero attached hydrogens (tertiary/aromatic N) is 2. The SMILES string of the molecule is N#CC(Nc1ccc(F)c(Cl)c1)c1ccc(N2CCCCC2)cc1. The summed E-state index contributed by atoms with van der Waals surface area (Å²) in [5, 5.41) is 12.6. The van der Waals surface area contributed by atoms with Gasteiger partial charge in [-0.25, -0.2) is 4.39 Å². The summed E-state index contributed by atoms with van der Waals surface area (Å²) in [6, 6.07) is 14.1. The first-order chi connectivity index (χ1) is 11.7. The normalized spacial score (nSPS) is 15.6. The minimum atomic E-state index is -0.512. The molecule has 0 radical (unpaired) electrons. The van der Waals surface area contributed by atoms with Gasteiger partial charge in [0.25, 0.3) is 0 Å². The Morgan fingerprint density at radius 1 is 1.08 bits per heavy atom. The number of halogens is 2. The van der Waals surface area contributed by atoms with Crippen LogP contribution in [0.3, 0.4) is 0 Å². The molecule has 0 amide bonds. The second-order valence-electron chi connectivity index (χ2n) is 5.97. The van der Waals surface area contributed by atoms with E-state index in [1.165, 1.54) is 37.1 Å². The van der Waals surface area contributed by atoms with E-state index in [1.54, 1.807) is 6.07 Å². The lowest BCUT2D eigenvalue weighted by molar-refractivity contribution is 0.578. The molecule has 3 nitrogen and oxygen atoms in total. The van der Waals surface area contributed by atoms with Crippen molar-refractivity contribution in [2.24, 2.45) is 0 Å². The standard InChI is InChI=1S/C19H19ClFN3/c20-17-12-15(6-9-18(17)21)23-19(13-22)14-4-7-16(8-5-14)24-10-2-1-3-11-24/h4-9,12,19,23H,1-3,10-11H2. The van der Waals surface area contributed by atoms with Crippen molar-refractivity contribution < 1.29 is 4.39 Å². The first kappa shape index (κ1) is 16.6.